The lowest BCUT2D eigenvalue weighted by Crippen LogP contribution is -2.49. The molecule has 0 spiro atoms. The van der Waals surface area contributed by atoms with Crippen molar-refractivity contribution < 1.29 is 9.53 Å². The smallest absolute Gasteiger partial charge is 0.322 e. The molecule has 98 valence electrons. The third-order valence-electron chi connectivity index (χ3n) is 2.80. The van der Waals surface area contributed by atoms with Crippen LogP contribution in [-0.4, -0.2) is 36.2 Å². The molecule has 0 bridgehead atoms. The molecule has 18 heavy (non-hydrogen) atoms. The summed E-state index contributed by atoms with van der Waals surface area (Å²) < 4.78 is 6.60. The van der Waals surface area contributed by atoms with Gasteiger partial charge in [0.15, 0.2) is 0 Å². The number of nitrogens with one attached hydrogen (secondary N) is 1. The van der Waals surface area contributed by atoms with E-state index in [2.05, 4.69) is 21.2 Å². The van der Waals surface area contributed by atoms with E-state index in [-0.39, 0.29) is 18.2 Å². The van der Waals surface area contributed by atoms with Crippen molar-refractivity contribution in [3.05, 3.63) is 28.7 Å². The van der Waals surface area contributed by atoms with Crippen molar-refractivity contribution in [1.82, 2.24) is 4.90 Å². The number of morpholine rings is 1. The largest absolute Gasteiger partial charge is 0.372 e. The molecule has 2 amide bonds. The first-order chi connectivity index (χ1) is 8.54. The Morgan fingerprint density at radius 2 is 1.83 bits per heavy atom. The predicted molar refractivity (Wildman–Crippen MR) is 74.7 cm³/mol. The van der Waals surface area contributed by atoms with E-state index in [1.807, 2.05) is 38.1 Å². The van der Waals surface area contributed by atoms with Crippen molar-refractivity contribution >= 4 is 27.6 Å². The lowest BCUT2D eigenvalue weighted by Gasteiger charge is -2.35. The fraction of sp³-hybridized carbons (Fsp3) is 0.462. The standard InChI is InChI=1S/C13H17BrN2O2/c1-9-7-16(8-10(2)18-9)13(17)15-12-5-3-11(14)4-6-12/h3-6,9-10H,7-8H2,1-2H3,(H,15,17)/t9-,10-/m0/s1. The molecule has 1 N–H and O–H groups in total. The number of urea groups is 1. The van der Waals surface area contributed by atoms with E-state index in [0.717, 1.165) is 10.2 Å². The topological polar surface area (TPSA) is 41.6 Å². The minimum absolute atomic E-state index is 0.0701. The molecular formula is C13H17BrN2O2. The van der Waals surface area contributed by atoms with E-state index in [1.165, 1.54) is 0 Å². The maximum Gasteiger partial charge on any atom is 0.322 e. The number of hydrogen-bond donors (Lipinski definition) is 1. The van der Waals surface area contributed by atoms with Crippen LogP contribution in [0.4, 0.5) is 10.5 Å². The second kappa shape index (κ2) is 5.71. The molecule has 0 aromatic heterocycles. The average Bonchev–Trinajstić information content (AvgIpc) is 2.31. The Labute approximate surface area is 115 Å². The van der Waals surface area contributed by atoms with Crippen LogP contribution in [-0.2, 0) is 4.74 Å². The monoisotopic (exact) mass is 312 g/mol. The van der Waals surface area contributed by atoms with Gasteiger partial charge in [0.1, 0.15) is 0 Å². The fourth-order valence-corrected chi connectivity index (χ4v) is 2.34. The highest BCUT2D eigenvalue weighted by atomic mass is 79.9. The highest BCUT2D eigenvalue weighted by molar-refractivity contribution is 9.10. The summed E-state index contributed by atoms with van der Waals surface area (Å²) >= 11 is 3.36. The highest BCUT2D eigenvalue weighted by Gasteiger charge is 2.25. The van der Waals surface area contributed by atoms with Crippen LogP contribution in [0.2, 0.25) is 0 Å². The van der Waals surface area contributed by atoms with Crippen LogP contribution in [0.5, 0.6) is 0 Å². The minimum atomic E-state index is -0.0701. The summed E-state index contributed by atoms with van der Waals surface area (Å²) in [7, 11) is 0. The number of hydrogen-bond acceptors (Lipinski definition) is 2. The second-order valence-electron chi connectivity index (χ2n) is 4.60. The lowest BCUT2D eigenvalue weighted by molar-refractivity contribution is -0.0530. The minimum Gasteiger partial charge on any atom is -0.372 e. The van der Waals surface area contributed by atoms with Crippen LogP contribution in [0, 0.1) is 0 Å². The molecule has 0 aliphatic carbocycles. The molecule has 1 aromatic carbocycles. The third kappa shape index (κ3) is 3.46. The Balaban J connectivity index is 1.97. The van der Waals surface area contributed by atoms with Crippen LogP contribution in [0.1, 0.15) is 13.8 Å². The van der Waals surface area contributed by atoms with Gasteiger partial charge in [0.05, 0.1) is 12.2 Å². The molecule has 5 heteroatoms. The van der Waals surface area contributed by atoms with Gasteiger partial charge in [-0.05, 0) is 38.1 Å². The molecule has 1 aromatic rings. The summed E-state index contributed by atoms with van der Waals surface area (Å²) in [5, 5.41) is 2.89. The Morgan fingerprint density at radius 3 is 2.39 bits per heavy atom. The van der Waals surface area contributed by atoms with Crippen molar-refractivity contribution in [2.75, 3.05) is 18.4 Å². The maximum absolute atomic E-state index is 12.1. The van der Waals surface area contributed by atoms with Gasteiger partial charge in [0, 0.05) is 23.2 Å². The van der Waals surface area contributed by atoms with Crippen LogP contribution in [0.15, 0.2) is 28.7 Å². The molecule has 2 atom stereocenters. The molecular weight excluding hydrogens is 296 g/mol. The van der Waals surface area contributed by atoms with E-state index in [9.17, 15) is 4.79 Å². The number of ether oxygens (including phenoxy) is 1. The maximum atomic E-state index is 12.1. The number of rotatable bonds is 1. The summed E-state index contributed by atoms with van der Waals surface area (Å²) in [4.78, 5) is 13.9. The first-order valence-electron chi connectivity index (χ1n) is 6.01. The van der Waals surface area contributed by atoms with Gasteiger partial charge < -0.3 is 15.0 Å². The van der Waals surface area contributed by atoms with Gasteiger partial charge in [0.25, 0.3) is 0 Å². The van der Waals surface area contributed by atoms with E-state index in [4.69, 9.17) is 4.74 Å². The van der Waals surface area contributed by atoms with E-state index in [0.29, 0.717) is 13.1 Å². The molecule has 1 fully saturated rings. The van der Waals surface area contributed by atoms with E-state index < -0.39 is 0 Å². The average molecular weight is 313 g/mol. The predicted octanol–water partition coefficient (Wildman–Crippen LogP) is 3.09. The van der Waals surface area contributed by atoms with Gasteiger partial charge in [0.2, 0.25) is 0 Å². The summed E-state index contributed by atoms with van der Waals surface area (Å²) in [5.41, 5.74) is 0.801. The van der Waals surface area contributed by atoms with Crippen LogP contribution in [0.3, 0.4) is 0 Å². The van der Waals surface area contributed by atoms with Crippen LogP contribution < -0.4 is 5.32 Å². The normalized spacial score (nSPS) is 23.8. The first kappa shape index (κ1) is 13.4. The van der Waals surface area contributed by atoms with Gasteiger partial charge in [-0.25, -0.2) is 4.79 Å². The zero-order valence-electron chi connectivity index (χ0n) is 10.5. The lowest BCUT2D eigenvalue weighted by atomic mass is 10.2. The fourth-order valence-electron chi connectivity index (χ4n) is 2.08. The molecule has 1 aliphatic heterocycles. The molecule has 0 unspecified atom stereocenters. The summed E-state index contributed by atoms with van der Waals surface area (Å²) in [6.45, 7) is 5.23. The number of carbonyl (C=O) groups excluding carboxylic acids is 1. The number of nitrogens with zero attached hydrogens (tertiary/aromatic N) is 1. The Morgan fingerprint density at radius 1 is 1.28 bits per heavy atom. The van der Waals surface area contributed by atoms with Crippen molar-refractivity contribution in [2.45, 2.75) is 26.1 Å². The zero-order chi connectivity index (χ0) is 13.1. The summed E-state index contributed by atoms with van der Waals surface area (Å²) in [6, 6.07) is 7.48. The SMILES string of the molecule is C[C@H]1CN(C(=O)Nc2ccc(Br)cc2)C[C@H](C)O1. The number of halogens is 1. The Kier molecular flexibility index (Phi) is 4.24. The molecule has 1 heterocycles. The van der Waals surface area contributed by atoms with E-state index in [1.54, 1.807) is 4.90 Å². The number of carbonyl (C=O) groups is 1. The van der Waals surface area contributed by atoms with Crippen LogP contribution >= 0.6 is 15.9 Å². The number of benzene rings is 1. The molecule has 2 rings (SSSR count). The van der Waals surface area contributed by atoms with Gasteiger partial charge in [-0.1, -0.05) is 15.9 Å². The zero-order valence-corrected chi connectivity index (χ0v) is 12.1. The molecule has 1 aliphatic rings. The first-order valence-corrected chi connectivity index (χ1v) is 6.81. The number of anilines is 1. The Hall–Kier alpha value is -1.07. The van der Waals surface area contributed by atoms with Crippen molar-refractivity contribution in [3.63, 3.8) is 0 Å². The van der Waals surface area contributed by atoms with Crippen molar-refractivity contribution in [1.29, 1.82) is 0 Å². The van der Waals surface area contributed by atoms with E-state index >= 15 is 0 Å². The number of amides is 2. The van der Waals surface area contributed by atoms with Crippen LogP contribution in [0.25, 0.3) is 0 Å². The third-order valence-corrected chi connectivity index (χ3v) is 3.33. The quantitative estimate of drug-likeness (QED) is 0.865. The molecule has 0 radical (unpaired) electrons. The summed E-state index contributed by atoms with van der Waals surface area (Å²) in [6.07, 6.45) is 0.175. The van der Waals surface area contributed by atoms with Gasteiger partial charge >= 0.3 is 6.03 Å². The van der Waals surface area contributed by atoms with Crippen molar-refractivity contribution in [3.8, 4) is 0 Å². The van der Waals surface area contributed by atoms with Gasteiger partial charge in [-0.2, -0.15) is 0 Å². The van der Waals surface area contributed by atoms with Crippen molar-refractivity contribution in [2.24, 2.45) is 0 Å². The summed E-state index contributed by atoms with van der Waals surface area (Å²) in [5.74, 6) is 0. The molecule has 0 saturated carbocycles. The molecule has 4 nitrogen and oxygen atoms in total. The Bertz CT molecular complexity index is 412. The van der Waals surface area contributed by atoms with Gasteiger partial charge in [-0.3, -0.25) is 0 Å². The second-order valence-corrected chi connectivity index (χ2v) is 5.52. The highest BCUT2D eigenvalue weighted by Crippen LogP contribution is 2.16. The van der Waals surface area contributed by atoms with Gasteiger partial charge in [-0.15, -0.1) is 0 Å². The molecule has 1 saturated heterocycles.